The second-order valence-corrected chi connectivity index (χ2v) is 4.72. The molecule has 0 aliphatic rings. The second kappa shape index (κ2) is 5.54. The predicted molar refractivity (Wildman–Crippen MR) is 69.2 cm³/mol. The summed E-state index contributed by atoms with van der Waals surface area (Å²) in [6.45, 7) is 0. The molecule has 2 aromatic rings. The van der Waals surface area contributed by atoms with E-state index in [-0.39, 0.29) is 5.56 Å². The van der Waals surface area contributed by atoms with Gasteiger partial charge in [-0.05, 0) is 40.7 Å². The maximum atomic E-state index is 13.8. The maximum absolute atomic E-state index is 13.8. The van der Waals surface area contributed by atoms with Crippen LogP contribution in [-0.2, 0) is 0 Å². The Morgan fingerprint density at radius 3 is 2.72 bits per heavy atom. The van der Waals surface area contributed by atoms with Crippen LogP contribution in [0.15, 0.2) is 41.1 Å². The average molecular weight is 313 g/mol. The van der Waals surface area contributed by atoms with Gasteiger partial charge in [-0.25, -0.2) is 8.78 Å². The van der Waals surface area contributed by atoms with Crippen LogP contribution in [0.4, 0.5) is 8.78 Å². The van der Waals surface area contributed by atoms with Gasteiger partial charge in [0.05, 0.1) is 6.04 Å². The van der Waals surface area contributed by atoms with Gasteiger partial charge in [0.25, 0.3) is 0 Å². The SMILES string of the molecule is CNC(c1cncc(Br)c1)c1cccc(F)c1F. The van der Waals surface area contributed by atoms with Crippen molar-refractivity contribution in [3.8, 4) is 0 Å². The summed E-state index contributed by atoms with van der Waals surface area (Å²) in [5.41, 5.74) is 1.02. The molecule has 2 nitrogen and oxygen atoms in total. The van der Waals surface area contributed by atoms with Gasteiger partial charge in [-0.15, -0.1) is 0 Å². The summed E-state index contributed by atoms with van der Waals surface area (Å²) in [6, 6.07) is 5.53. The Morgan fingerprint density at radius 2 is 2.06 bits per heavy atom. The predicted octanol–water partition coefficient (Wildman–Crippen LogP) is 3.43. The van der Waals surface area contributed by atoms with Crippen LogP contribution in [0.2, 0.25) is 0 Å². The molecule has 1 atom stereocenters. The summed E-state index contributed by atoms with van der Waals surface area (Å²) in [5, 5.41) is 2.96. The summed E-state index contributed by atoms with van der Waals surface area (Å²) in [6.07, 6.45) is 3.26. The van der Waals surface area contributed by atoms with E-state index in [4.69, 9.17) is 0 Å². The van der Waals surface area contributed by atoms with Crippen molar-refractivity contribution in [3.63, 3.8) is 0 Å². The lowest BCUT2D eigenvalue weighted by molar-refractivity contribution is 0.487. The molecule has 0 amide bonds. The number of nitrogens with one attached hydrogen (secondary N) is 1. The lowest BCUT2D eigenvalue weighted by Crippen LogP contribution is -2.19. The third-order valence-electron chi connectivity index (χ3n) is 2.64. The van der Waals surface area contributed by atoms with Gasteiger partial charge in [-0.2, -0.15) is 0 Å². The number of benzene rings is 1. The fraction of sp³-hybridized carbons (Fsp3) is 0.154. The van der Waals surface area contributed by atoms with Crippen LogP contribution >= 0.6 is 15.9 Å². The van der Waals surface area contributed by atoms with Crippen LogP contribution in [0.5, 0.6) is 0 Å². The van der Waals surface area contributed by atoms with Crippen molar-refractivity contribution in [1.29, 1.82) is 0 Å². The Hall–Kier alpha value is -1.33. The third-order valence-corrected chi connectivity index (χ3v) is 3.07. The molecule has 0 saturated carbocycles. The fourth-order valence-corrected chi connectivity index (χ4v) is 2.21. The van der Waals surface area contributed by atoms with Crippen LogP contribution < -0.4 is 5.32 Å². The van der Waals surface area contributed by atoms with Gasteiger partial charge in [0.2, 0.25) is 0 Å². The van der Waals surface area contributed by atoms with Crippen LogP contribution in [-0.4, -0.2) is 12.0 Å². The Kier molecular flexibility index (Phi) is 4.04. The Bertz CT molecular complexity index is 560. The molecule has 0 fully saturated rings. The molecule has 0 spiro atoms. The van der Waals surface area contributed by atoms with Gasteiger partial charge in [-0.1, -0.05) is 12.1 Å². The molecule has 0 bridgehead atoms. The quantitative estimate of drug-likeness (QED) is 0.939. The van der Waals surface area contributed by atoms with Gasteiger partial charge in [0.1, 0.15) is 0 Å². The van der Waals surface area contributed by atoms with E-state index >= 15 is 0 Å². The molecule has 1 aromatic heterocycles. The van der Waals surface area contributed by atoms with Crippen molar-refractivity contribution in [2.45, 2.75) is 6.04 Å². The van der Waals surface area contributed by atoms with Crippen LogP contribution in [0.3, 0.4) is 0 Å². The van der Waals surface area contributed by atoms with Gasteiger partial charge >= 0.3 is 0 Å². The minimum atomic E-state index is -0.851. The molecule has 18 heavy (non-hydrogen) atoms. The molecule has 2 rings (SSSR count). The first-order valence-corrected chi connectivity index (χ1v) is 6.14. The van der Waals surface area contributed by atoms with E-state index in [1.54, 1.807) is 25.5 Å². The topological polar surface area (TPSA) is 24.9 Å². The van der Waals surface area contributed by atoms with Gasteiger partial charge in [0.15, 0.2) is 11.6 Å². The average Bonchev–Trinajstić information content (AvgIpc) is 2.35. The highest BCUT2D eigenvalue weighted by molar-refractivity contribution is 9.10. The number of nitrogens with zero attached hydrogens (tertiary/aromatic N) is 1. The molecule has 94 valence electrons. The first kappa shape index (κ1) is 13.1. The van der Waals surface area contributed by atoms with Gasteiger partial charge in [0, 0.05) is 22.4 Å². The van der Waals surface area contributed by atoms with E-state index in [1.165, 1.54) is 6.07 Å². The van der Waals surface area contributed by atoms with Crippen LogP contribution in [0.25, 0.3) is 0 Å². The summed E-state index contributed by atoms with van der Waals surface area (Å²) < 4.78 is 27.8. The maximum Gasteiger partial charge on any atom is 0.163 e. The zero-order valence-corrected chi connectivity index (χ0v) is 11.2. The monoisotopic (exact) mass is 312 g/mol. The molecule has 5 heteroatoms. The third kappa shape index (κ3) is 2.57. The van der Waals surface area contributed by atoms with E-state index in [2.05, 4.69) is 26.2 Å². The fourth-order valence-electron chi connectivity index (χ4n) is 1.83. The lowest BCUT2D eigenvalue weighted by Gasteiger charge is -2.17. The van der Waals surface area contributed by atoms with Crippen molar-refractivity contribution in [3.05, 3.63) is 63.9 Å². The molecular formula is C13H11BrF2N2. The van der Waals surface area contributed by atoms with Crippen molar-refractivity contribution < 1.29 is 8.78 Å². The van der Waals surface area contributed by atoms with E-state index < -0.39 is 17.7 Å². The normalized spacial score (nSPS) is 12.4. The zero-order chi connectivity index (χ0) is 13.1. The molecule has 0 radical (unpaired) electrons. The number of halogens is 3. The molecule has 1 heterocycles. The van der Waals surface area contributed by atoms with Crippen molar-refractivity contribution >= 4 is 15.9 Å². The van der Waals surface area contributed by atoms with E-state index in [9.17, 15) is 8.78 Å². The van der Waals surface area contributed by atoms with Crippen molar-refractivity contribution in [1.82, 2.24) is 10.3 Å². The number of rotatable bonds is 3. The zero-order valence-electron chi connectivity index (χ0n) is 9.62. The molecule has 0 aliphatic heterocycles. The second-order valence-electron chi connectivity index (χ2n) is 3.80. The number of hydrogen-bond donors (Lipinski definition) is 1. The van der Waals surface area contributed by atoms with E-state index in [0.717, 1.165) is 16.1 Å². The van der Waals surface area contributed by atoms with Crippen LogP contribution in [0, 0.1) is 11.6 Å². The molecular weight excluding hydrogens is 302 g/mol. The number of hydrogen-bond acceptors (Lipinski definition) is 2. The summed E-state index contributed by atoms with van der Waals surface area (Å²) in [7, 11) is 1.69. The highest BCUT2D eigenvalue weighted by Crippen LogP contribution is 2.26. The summed E-state index contributed by atoms with van der Waals surface area (Å²) in [5.74, 6) is -1.69. The molecule has 1 aromatic carbocycles. The van der Waals surface area contributed by atoms with Crippen molar-refractivity contribution in [2.75, 3.05) is 7.05 Å². The van der Waals surface area contributed by atoms with E-state index in [0.29, 0.717) is 0 Å². The van der Waals surface area contributed by atoms with Crippen LogP contribution in [0.1, 0.15) is 17.2 Å². The first-order chi connectivity index (χ1) is 8.63. The standard InChI is InChI=1S/C13H11BrF2N2/c1-17-13(8-5-9(14)7-18-6-8)10-3-2-4-11(15)12(10)16/h2-7,13,17H,1H3. The van der Waals surface area contributed by atoms with Crippen molar-refractivity contribution in [2.24, 2.45) is 0 Å². The molecule has 1 N–H and O–H groups in total. The Balaban J connectivity index is 2.49. The largest absolute Gasteiger partial charge is 0.309 e. The van der Waals surface area contributed by atoms with Gasteiger partial charge in [-0.3, -0.25) is 4.98 Å². The number of aromatic nitrogens is 1. The highest BCUT2D eigenvalue weighted by atomic mass is 79.9. The highest BCUT2D eigenvalue weighted by Gasteiger charge is 2.18. The minimum Gasteiger partial charge on any atom is -0.309 e. The summed E-state index contributed by atoms with van der Waals surface area (Å²) >= 11 is 3.31. The Labute approximate surface area is 112 Å². The van der Waals surface area contributed by atoms with E-state index in [1.807, 2.05) is 6.07 Å². The molecule has 0 saturated heterocycles. The first-order valence-electron chi connectivity index (χ1n) is 5.35. The summed E-state index contributed by atoms with van der Waals surface area (Å²) in [4.78, 5) is 4.03. The lowest BCUT2D eigenvalue weighted by atomic mass is 10.00. The molecule has 1 unspecified atom stereocenters. The van der Waals surface area contributed by atoms with Gasteiger partial charge < -0.3 is 5.32 Å². The molecule has 0 aliphatic carbocycles. The smallest absolute Gasteiger partial charge is 0.163 e. The number of pyridine rings is 1. The minimum absolute atomic E-state index is 0.261. The Morgan fingerprint density at radius 1 is 1.28 bits per heavy atom.